The number of fused-ring (bicyclic) bond motifs is 11. The predicted molar refractivity (Wildman–Crippen MR) is 248 cm³/mol. The molecule has 0 amide bonds. The third-order valence-corrected chi connectivity index (χ3v) is 17.6. The van der Waals surface area contributed by atoms with Crippen LogP contribution in [0.5, 0.6) is 11.5 Å². The fourth-order valence-electron chi connectivity index (χ4n) is 14.0. The van der Waals surface area contributed by atoms with Crippen LogP contribution in [-0.4, -0.2) is 23.7 Å². The van der Waals surface area contributed by atoms with Crippen LogP contribution in [0.1, 0.15) is 51.4 Å². The molecule has 0 aromatic heterocycles. The average Bonchev–Trinajstić information content (AvgIpc) is 3.78. The zero-order chi connectivity index (χ0) is 41.1. The molecule has 0 radical (unpaired) electrons. The lowest BCUT2D eigenvalue weighted by molar-refractivity contribution is -0.135. The Bertz CT molecular complexity index is 2620. The van der Waals surface area contributed by atoms with Gasteiger partial charge in [0.2, 0.25) is 0 Å². The number of carbonyl (C=O) groups excluding carboxylic acids is 2. The zero-order valence-corrected chi connectivity index (χ0v) is 35.6. The van der Waals surface area contributed by atoms with E-state index >= 15 is 4.79 Å². The highest BCUT2D eigenvalue weighted by atomic mass is 32.2. The van der Waals surface area contributed by atoms with Gasteiger partial charge in [-0.15, -0.1) is 0 Å². The molecule has 10 atom stereocenters. The maximum Gasteiger partial charge on any atom is 0.151 e. The van der Waals surface area contributed by atoms with Crippen LogP contribution in [0.25, 0.3) is 22.3 Å². The van der Waals surface area contributed by atoms with Crippen LogP contribution >= 0.6 is 11.8 Å². The highest BCUT2D eigenvalue weighted by Gasteiger charge is 2.64. The van der Waals surface area contributed by atoms with Crippen molar-refractivity contribution in [1.82, 2.24) is 0 Å². The van der Waals surface area contributed by atoms with E-state index in [1.54, 1.807) is 0 Å². The first kappa shape index (κ1) is 37.0. The van der Waals surface area contributed by atoms with Gasteiger partial charge >= 0.3 is 0 Å². The summed E-state index contributed by atoms with van der Waals surface area (Å²) in [5.74, 6) is 3.78. The van der Waals surface area contributed by atoms with Crippen LogP contribution in [0.2, 0.25) is 0 Å². The summed E-state index contributed by atoms with van der Waals surface area (Å²) in [6, 6.07) is 52.6. The van der Waals surface area contributed by atoms with Crippen LogP contribution in [0.3, 0.4) is 0 Å². The van der Waals surface area contributed by atoms with Crippen LogP contribution in [0.15, 0.2) is 155 Å². The van der Waals surface area contributed by atoms with Crippen molar-refractivity contribution in [2.24, 2.45) is 47.3 Å². The second-order valence-electron chi connectivity index (χ2n) is 19.2. The SMILES string of the molecule is O=C1C2CC(N3c4ccccc4Oc4ccccc43)CCC2C2CCC3C4CC(N5c6cc(-c7ccccc7)ccc6Sc6ccc(-c7ccccc7)cc65)CCC4C(=O)C3C12. The molecule has 6 heteroatoms. The minimum absolute atomic E-state index is 0.0179. The molecule has 2 heterocycles. The monoisotopic (exact) mass is 830 g/mol. The minimum Gasteiger partial charge on any atom is -0.453 e. The van der Waals surface area contributed by atoms with E-state index in [1.165, 1.54) is 43.4 Å². The highest BCUT2D eigenvalue weighted by molar-refractivity contribution is 7.99. The van der Waals surface area contributed by atoms with Gasteiger partial charge < -0.3 is 14.5 Å². The first-order valence-electron chi connectivity index (χ1n) is 23.2. The molecule has 0 bridgehead atoms. The lowest BCUT2D eigenvalue weighted by atomic mass is 9.64. The van der Waals surface area contributed by atoms with E-state index in [9.17, 15) is 4.79 Å². The van der Waals surface area contributed by atoms with E-state index in [1.807, 2.05) is 23.9 Å². The molecule has 2 aliphatic heterocycles. The summed E-state index contributed by atoms with van der Waals surface area (Å²) in [5.41, 5.74) is 9.63. The number of hydrogen-bond donors (Lipinski definition) is 0. The smallest absolute Gasteiger partial charge is 0.151 e. The Labute approximate surface area is 368 Å². The number of ether oxygens (including phenoxy) is 1. The Balaban J connectivity index is 0.812. The Hall–Kier alpha value is -5.59. The van der Waals surface area contributed by atoms with E-state index in [4.69, 9.17) is 4.74 Å². The van der Waals surface area contributed by atoms with Crippen molar-refractivity contribution in [3.8, 4) is 33.8 Å². The maximum atomic E-state index is 15.1. The molecular formula is C56H50N2O3S. The Morgan fingerprint density at radius 1 is 0.419 bits per heavy atom. The summed E-state index contributed by atoms with van der Waals surface area (Å²) in [4.78, 5) is 37.7. The highest BCUT2D eigenvalue weighted by Crippen LogP contribution is 2.64. The zero-order valence-electron chi connectivity index (χ0n) is 34.8. The van der Waals surface area contributed by atoms with E-state index in [-0.39, 0.29) is 35.8 Å². The van der Waals surface area contributed by atoms with Gasteiger partial charge in [0.15, 0.2) is 11.5 Å². The van der Waals surface area contributed by atoms with Crippen molar-refractivity contribution in [1.29, 1.82) is 0 Å². The topological polar surface area (TPSA) is 49.9 Å². The molecule has 10 unspecified atom stereocenters. The molecule has 0 N–H and O–H groups in total. The van der Waals surface area contributed by atoms with E-state index in [0.717, 1.165) is 74.2 Å². The first-order chi connectivity index (χ1) is 30.6. The molecule has 308 valence electrons. The third-order valence-electron chi connectivity index (χ3n) is 16.4. The number of carbonyl (C=O) groups is 2. The summed E-state index contributed by atoms with van der Waals surface area (Å²) in [6.07, 6.45) is 7.97. The first-order valence-corrected chi connectivity index (χ1v) is 24.0. The van der Waals surface area contributed by atoms with Crippen molar-refractivity contribution < 1.29 is 14.3 Å². The van der Waals surface area contributed by atoms with Crippen molar-refractivity contribution >= 4 is 46.1 Å². The number of hydrogen-bond acceptors (Lipinski definition) is 6. The standard InChI is InChI=1S/C56H50N2O3S/c59-55-42-24-22-37(58-47-29-35(33-11-3-1-4-12-33)19-27-51(47)62-52-28-20-36(30-48(52)58)34-13-5-2-6-14-34)31-43(42)41-26-25-40-39-23-21-38(32-44(39)56(60)53(40)54(41)55)57-45-15-7-9-17-49(45)61-50-18-10-8-16-46(50)57/h1-20,27-30,37-44,53-54H,21-26,31-32H2. The number of ketones is 2. The van der Waals surface area contributed by atoms with Gasteiger partial charge in [0.1, 0.15) is 11.6 Å². The van der Waals surface area contributed by atoms with Gasteiger partial charge in [0.25, 0.3) is 0 Å². The normalized spacial score (nSPS) is 30.1. The molecule has 13 rings (SSSR count). The summed E-state index contributed by atoms with van der Waals surface area (Å²) < 4.78 is 6.37. The lowest BCUT2D eigenvalue weighted by Crippen LogP contribution is -2.41. The summed E-state index contributed by atoms with van der Waals surface area (Å²) in [7, 11) is 0. The van der Waals surface area contributed by atoms with Crippen LogP contribution in [0.4, 0.5) is 22.7 Å². The molecule has 5 nitrogen and oxygen atoms in total. The molecular weight excluding hydrogens is 781 g/mol. The molecule has 0 spiro atoms. The number of para-hydroxylation sites is 4. The van der Waals surface area contributed by atoms with E-state index in [0.29, 0.717) is 35.2 Å². The van der Waals surface area contributed by atoms with Crippen molar-refractivity contribution in [3.05, 3.63) is 146 Å². The predicted octanol–water partition coefficient (Wildman–Crippen LogP) is 13.6. The second-order valence-corrected chi connectivity index (χ2v) is 20.3. The van der Waals surface area contributed by atoms with Gasteiger partial charge in [-0.25, -0.2) is 0 Å². The van der Waals surface area contributed by atoms with Gasteiger partial charge in [-0.3, -0.25) is 9.59 Å². The van der Waals surface area contributed by atoms with Gasteiger partial charge in [0, 0.05) is 45.5 Å². The Kier molecular flexibility index (Phi) is 8.65. The van der Waals surface area contributed by atoms with Crippen LogP contribution in [0, 0.1) is 47.3 Å². The summed E-state index contributed by atoms with van der Waals surface area (Å²) >= 11 is 1.88. The van der Waals surface area contributed by atoms with Gasteiger partial charge in [-0.1, -0.05) is 109 Å². The van der Waals surface area contributed by atoms with Gasteiger partial charge in [-0.2, -0.15) is 0 Å². The van der Waals surface area contributed by atoms with E-state index < -0.39 is 0 Å². The molecule has 5 saturated carbocycles. The number of anilines is 4. The van der Waals surface area contributed by atoms with Crippen molar-refractivity contribution in [2.45, 2.75) is 73.2 Å². The number of Topliss-reactive ketones (excluding diaryl/α,β-unsaturated/α-hetero) is 2. The molecule has 62 heavy (non-hydrogen) atoms. The maximum absolute atomic E-state index is 15.1. The fraction of sp³-hybridized carbons (Fsp3) is 0.321. The van der Waals surface area contributed by atoms with Crippen LogP contribution in [-0.2, 0) is 9.59 Å². The largest absolute Gasteiger partial charge is 0.453 e. The molecule has 7 aliphatic rings. The average molecular weight is 831 g/mol. The second kappa shape index (κ2) is 14.5. The Morgan fingerprint density at radius 2 is 0.903 bits per heavy atom. The molecule has 5 aliphatic carbocycles. The minimum atomic E-state index is -0.116. The van der Waals surface area contributed by atoms with Crippen LogP contribution < -0.4 is 14.5 Å². The number of nitrogens with zero attached hydrogens (tertiary/aromatic N) is 2. The quantitative estimate of drug-likeness (QED) is 0.176. The van der Waals surface area contributed by atoms with E-state index in [2.05, 4.69) is 143 Å². The molecule has 5 fully saturated rings. The van der Waals surface area contributed by atoms with Gasteiger partial charge in [0.05, 0.1) is 22.7 Å². The lowest BCUT2D eigenvalue weighted by Gasteiger charge is -2.45. The number of benzene rings is 6. The van der Waals surface area contributed by atoms with Gasteiger partial charge in [-0.05, 0) is 146 Å². The van der Waals surface area contributed by atoms with Crippen molar-refractivity contribution in [2.75, 3.05) is 9.80 Å². The number of rotatable bonds is 4. The third kappa shape index (κ3) is 5.67. The fourth-order valence-corrected chi connectivity index (χ4v) is 15.0. The Morgan fingerprint density at radius 3 is 1.52 bits per heavy atom. The van der Waals surface area contributed by atoms with Crippen molar-refractivity contribution in [3.63, 3.8) is 0 Å². The summed E-state index contributed by atoms with van der Waals surface area (Å²) in [5, 5.41) is 0. The summed E-state index contributed by atoms with van der Waals surface area (Å²) in [6.45, 7) is 0. The molecule has 6 aromatic rings. The molecule has 6 aromatic carbocycles. The molecule has 0 saturated heterocycles.